The lowest BCUT2D eigenvalue weighted by Crippen LogP contribution is -2.26. The molecule has 3 fully saturated rings. The van der Waals surface area contributed by atoms with Crippen LogP contribution in [0.25, 0.3) is 0 Å². The monoisotopic (exact) mass is 275 g/mol. The molecule has 3 heteroatoms. The molecule has 0 radical (unpaired) electrons. The number of phenols is 1. The summed E-state index contributed by atoms with van der Waals surface area (Å²) in [5, 5.41) is 10.1. The van der Waals surface area contributed by atoms with Crippen molar-refractivity contribution >= 4 is 11.8 Å². The first-order chi connectivity index (χ1) is 9.20. The first kappa shape index (κ1) is 12.1. The van der Waals surface area contributed by atoms with E-state index in [0.29, 0.717) is 11.3 Å². The van der Waals surface area contributed by atoms with E-state index in [0.717, 1.165) is 17.2 Å². The van der Waals surface area contributed by atoms with E-state index in [1.54, 1.807) is 12.1 Å². The van der Waals surface area contributed by atoms with Gasteiger partial charge in [-0.15, -0.1) is 11.8 Å². The lowest BCUT2D eigenvalue weighted by molar-refractivity contribution is 0.322. The van der Waals surface area contributed by atoms with Crippen molar-refractivity contribution in [1.29, 1.82) is 0 Å². The van der Waals surface area contributed by atoms with Gasteiger partial charge >= 0.3 is 0 Å². The van der Waals surface area contributed by atoms with Gasteiger partial charge in [0.25, 0.3) is 0 Å². The van der Waals surface area contributed by atoms with Crippen LogP contribution in [0.2, 0.25) is 0 Å². The average Bonchev–Trinajstić information content (AvgIpc) is 2.83. The first-order valence-corrected chi connectivity index (χ1v) is 8.27. The molecule has 1 saturated heterocycles. The molecule has 2 saturated carbocycles. The van der Waals surface area contributed by atoms with Gasteiger partial charge in [-0.25, -0.2) is 0 Å². The molecule has 1 spiro atoms. The topological polar surface area (TPSA) is 23.2 Å². The van der Waals surface area contributed by atoms with Crippen molar-refractivity contribution in [2.24, 2.45) is 5.92 Å². The van der Waals surface area contributed by atoms with Gasteiger partial charge in [-0.2, -0.15) is 0 Å². The van der Waals surface area contributed by atoms with Crippen LogP contribution in [0.15, 0.2) is 29.2 Å². The summed E-state index contributed by atoms with van der Waals surface area (Å²) in [6.45, 7) is 0. The van der Waals surface area contributed by atoms with Gasteiger partial charge in [-0.1, -0.05) is 6.42 Å². The van der Waals surface area contributed by atoms with E-state index in [1.807, 2.05) is 23.9 Å². The molecule has 19 heavy (non-hydrogen) atoms. The van der Waals surface area contributed by atoms with Gasteiger partial charge in [-0.3, -0.25) is 4.90 Å². The van der Waals surface area contributed by atoms with E-state index in [4.69, 9.17) is 0 Å². The summed E-state index contributed by atoms with van der Waals surface area (Å²) in [4.78, 5) is 3.96. The fourth-order valence-electron chi connectivity index (χ4n) is 4.72. The van der Waals surface area contributed by atoms with Crippen LogP contribution in [0.4, 0.5) is 0 Å². The number of nitrogens with zero attached hydrogens (tertiary/aromatic N) is 1. The van der Waals surface area contributed by atoms with Crippen LogP contribution < -0.4 is 0 Å². The van der Waals surface area contributed by atoms with Crippen molar-refractivity contribution in [1.82, 2.24) is 4.90 Å². The normalized spacial score (nSPS) is 43.6. The van der Waals surface area contributed by atoms with Crippen molar-refractivity contribution in [2.45, 2.75) is 53.8 Å². The summed E-state index contributed by atoms with van der Waals surface area (Å²) in [6.07, 6.45) is 7.03. The molecule has 1 aliphatic heterocycles. The number of likely N-dealkylation sites (N-methyl/N-ethyl adjacent to an activating group) is 1. The molecule has 0 amide bonds. The Morgan fingerprint density at radius 2 is 2.05 bits per heavy atom. The SMILES string of the molecule is CN1C2CCCC3CC(Sc4ccc(O)cc4)CC321. The summed E-state index contributed by atoms with van der Waals surface area (Å²) in [5.41, 5.74) is 0.576. The van der Waals surface area contributed by atoms with Crippen LogP contribution in [0, 0.1) is 5.92 Å². The first-order valence-electron chi connectivity index (χ1n) is 7.39. The molecule has 3 aliphatic rings. The molecule has 4 rings (SSSR count). The van der Waals surface area contributed by atoms with Crippen molar-refractivity contribution in [3.8, 4) is 5.75 Å². The summed E-state index contributed by atoms with van der Waals surface area (Å²) in [5.74, 6) is 1.30. The molecule has 1 aromatic carbocycles. The van der Waals surface area contributed by atoms with Gasteiger partial charge in [0.05, 0.1) is 0 Å². The van der Waals surface area contributed by atoms with Crippen LogP contribution in [-0.4, -0.2) is 33.9 Å². The third-order valence-corrected chi connectivity index (χ3v) is 6.85. The predicted octanol–water partition coefficient (Wildman–Crippen LogP) is 3.50. The second kappa shape index (κ2) is 4.16. The number of rotatable bonds is 2. The maximum Gasteiger partial charge on any atom is 0.115 e. The number of benzene rings is 1. The average molecular weight is 275 g/mol. The van der Waals surface area contributed by atoms with Crippen molar-refractivity contribution in [2.75, 3.05) is 7.05 Å². The third kappa shape index (κ3) is 1.74. The summed E-state index contributed by atoms with van der Waals surface area (Å²) in [7, 11) is 2.33. The fraction of sp³-hybridized carbons (Fsp3) is 0.625. The fourth-order valence-corrected chi connectivity index (χ4v) is 6.08. The van der Waals surface area contributed by atoms with Gasteiger partial charge < -0.3 is 5.11 Å². The lowest BCUT2D eigenvalue weighted by Gasteiger charge is -2.22. The highest BCUT2D eigenvalue weighted by Crippen LogP contribution is 2.63. The van der Waals surface area contributed by atoms with E-state index >= 15 is 0 Å². The molecule has 5 unspecified atom stereocenters. The minimum atomic E-state index is 0.366. The minimum Gasteiger partial charge on any atom is -0.508 e. The van der Waals surface area contributed by atoms with Gasteiger partial charge in [0, 0.05) is 21.7 Å². The van der Waals surface area contributed by atoms with Gasteiger partial charge in [-0.05, 0) is 62.9 Å². The highest BCUT2D eigenvalue weighted by atomic mass is 32.2. The van der Waals surface area contributed by atoms with Crippen LogP contribution in [0.1, 0.15) is 32.1 Å². The number of phenolic OH excluding ortho intramolecular Hbond substituents is 1. The Morgan fingerprint density at radius 1 is 1.26 bits per heavy atom. The molecule has 1 N–H and O–H groups in total. The van der Waals surface area contributed by atoms with Crippen LogP contribution in [0.5, 0.6) is 5.75 Å². The smallest absolute Gasteiger partial charge is 0.115 e. The number of hydrogen-bond donors (Lipinski definition) is 1. The minimum absolute atomic E-state index is 0.366. The second-order valence-electron chi connectivity index (χ2n) is 6.42. The maximum absolute atomic E-state index is 9.35. The molecule has 2 aliphatic carbocycles. The molecule has 0 bridgehead atoms. The highest BCUT2D eigenvalue weighted by Gasteiger charge is 2.68. The summed E-state index contributed by atoms with van der Waals surface area (Å²) >= 11 is 2.02. The van der Waals surface area contributed by atoms with Crippen LogP contribution >= 0.6 is 11.8 Å². The van der Waals surface area contributed by atoms with Gasteiger partial charge in [0.15, 0.2) is 0 Å². The van der Waals surface area contributed by atoms with Crippen LogP contribution in [-0.2, 0) is 0 Å². The quantitative estimate of drug-likeness (QED) is 0.836. The molecule has 5 atom stereocenters. The number of thioether (sulfide) groups is 1. The summed E-state index contributed by atoms with van der Waals surface area (Å²) in [6, 6.07) is 8.59. The standard InChI is InChI=1S/C16H21NOS/c1-17-15-4-2-3-11-9-14(10-16(11,15)17)19-13-7-5-12(18)6-8-13/h5-8,11,14-15,18H,2-4,9-10H2,1H3. The Labute approximate surface area is 119 Å². The Bertz CT molecular complexity index is 488. The summed E-state index contributed by atoms with van der Waals surface area (Å²) < 4.78 is 0. The largest absolute Gasteiger partial charge is 0.508 e. The molecular weight excluding hydrogens is 254 g/mol. The lowest BCUT2D eigenvalue weighted by atomic mass is 9.81. The molecule has 102 valence electrons. The van der Waals surface area contributed by atoms with Crippen molar-refractivity contribution in [3.05, 3.63) is 24.3 Å². The Hall–Kier alpha value is -0.670. The Morgan fingerprint density at radius 3 is 2.79 bits per heavy atom. The van der Waals surface area contributed by atoms with Gasteiger partial charge in [0.2, 0.25) is 0 Å². The zero-order valence-corrected chi connectivity index (χ0v) is 12.2. The molecule has 1 heterocycles. The van der Waals surface area contributed by atoms with E-state index in [1.165, 1.54) is 37.0 Å². The number of hydrogen-bond acceptors (Lipinski definition) is 3. The van der Waals surface area contributed by atoms with Crippen LogP contribution in [0.3, 0.4) is 0 Å². The molecule has 0 aromatic heterocycles. The van der Waals surface area contributed by atoms with Crippen molar-refractivity contribution < 1.29 is 5.11 Å². The maximum atomic E-state index is 9.35. The molecule has 2 nitrogen and oxygen atoms in total. The zero-order chi connectivity index (χ0) is 13.0. The van der Waals surface area contributed by atoms with E-state index in [9.17, 15) is 5.11 Å². The highest BCUT2D eigenvalue weighted by molar-refractivity contribution is 8.00. The number of aromatic hydroxyl groups is 1. The van der Waals surface area contributed by atoms with E-state index < -0.39 is 0 Å². The Kier molecular flexibility index (Phi) is 2.65. The number of likely N-dealkylation sites (tertiary alicyclic amines) is 1. The molecular formula is C16H21NOS. The Balaban J connectivity index is 1.49. The zero-order valence-electron chi connectivity index (χ0n) is 11.4. The van der Waals surface area contributed by atoms with Gasteiger partial charge in [0.1, 0.15) is 5.75 Å². The molecule has 1 aromatic rings. The van der Waals surface area contributed by atoms with Crippen molar-refractivity contribution in [3.63, 3.8) is 0 Å². The third-order valence-electron chi connectivity index (χ3n) is 5.61. The second-order valence-corrected chi connectivity index (χ2v) is 7.79. The van der Waals surface area contributed by atoms with E-state index in [2.05, 4.69) is 11.9 Å². The predicted molar refractivity (Wildman–Crippen MR) is 78.6 cm³/mol. The van der Waals surface area contributed by atoms with E-state index in [-0.39, 0.29) is 0 Å².